The maximum atomic E-state index is 12.8. The predicted molar refractivity (Wildman–Crippen MR) is 126 cm³/mol. The Morgan fingerprint density at radius 2 is 1.90 bits per heavy atom. The molecule has 2 aromatic heterocycles. The number of benzene rings is 3. The highest BCUT2D eigenvalue weighted by atomic mass is 32.1. The summed E-state index contributed by atoms with van der Waals surface area (Å²) in [6, 6.07) is 21.6. The highest BCUT2D eigenvalue weighted by Gasteiger charge is 2.14. The Kier molecular flexibility index (Phi) is 4.92. The SMILES string of the molecule is CCc1ccccc1NC(=O)c1ccc2c(c1)sc1nc(-c3ccc(OC)cc3)cn12. The number of thiazole rings is 1. The van der Waals surface area contributed by atoms with Gasteiger partial charge in [0.2, 0.25) is 0 Å². The van der Waals surface area contributed by atoms with Crippen molar-refractivity contribution in [1.29, 1.82) is 0 Å². The van der Waals surface area contributed by atoms with Crippen LogP contribution in [0, 0.1) is 0 Å². The number of para-hydroxylation sites is 1. The van der Waals surface area contributed by atoms with E-state index in [0.717, 1.165) is 49.9 Å². The number of hydrogen-bond donors (Lipinski definition) is 1. The molecule has 0 fully saturated rings. The molecule has 3 aromatic carbocycles. The molecule has 31 heavy (non-hydrogen) atoms. The molecule has 5 rings (SSSR count). The predicted octanol–water partition coefficient (Wildman–Crippen LogP) is 6.04. The number of amides is 1. The topological polar surface area (TPSA) is 55.6 Å². The number of aryl methyl sites for hydroxylation is 1. The number of imidazole rings is 1. The van der Waals surface area contributed by atoms with Crippen LogP contribution in [0.5, 0.6) is 5.75 Å². The average Bonchev–Trinajstić information content (AvgIpc) is 3.37. The molecule has 0 saturated heterocycles. The summed E-state index contributed by atoms with van der Waals surface area (Å²) in [7, 11) is 1.66. The third-order valence-corrected chi connectivity index (χ3v) is 6.41. The normalized spacial score (nSPS) is 11.2. The van der Waals surface area contributed by atoms with Crippen molar-refractivity contribution in [2.24, 2.45) is 0 Å². The molecule has 1 N–H and O–H groups in total. The van der Waals surface area contributed by atoms with Gasteiger partial charge in [0, 0.05) is 23.0 Å². The van der Waals surface area contributed by atoms with Gasteiger partial charge >= 0.3 is 0 Å². The lowest BCUT2D eigenvalue weighted by Gasteiger charge is -2.09. The van der Waals surface area contributed by atoms with Gasteiger partial charge in [-0.15, -0.1) is 0 Å². The van der Waals surface area contributed by atoms with E-state index in [1.807, 2.05) is 72.9 Å². The summed E-state index contributed by atoms with van der Waals surface area (Å²) in [5.74, 6) is 0.718. The van der Waals surface area contributed by atoms with Gasteiger partial charge in [-0.2, -0.15) is 0 Å². The highest BCUT2D eigenvalue weighted by Crippen LogP contribution is 2.31. The van der Waals surface area contributed by atoms with Crippen LogP contribution >= 0.6 is 11.3 Å². The molecule has 154 valence electrons. The summed E-state index contributed by atoms with van der Waals surface area (Å²) in [6.45, 7) is 2.08. The fourth-order valence-electron chi connectivity index (χ4n) is 3.69. The van der Waals surface area contributed by atoms with Gasteiger partial charge in [0.05, 0.1) is 23.0 Å². The van der Waals surface area contributed by atoms with Crippen LogP contribution in [0.15, 0.2) is 72.9 Å². The van der Waals surface area contributed by atoms with E-state index in [2.05, 4.69) is 16.6 Å². The first kappa shape index (κ1) is 19.3. The maximum Gasteiger partial charge on any atom is 0.255 e. The van der Waals surface area contributed by atoms with Crippen molar-refractivity contribution in [2.75, 3.05) is 12.4 Å². The number of ether oxygens (including phenoxy) is 1. The number of anilines is 1. The Hall–Kier alpha value is -3.64. The molecule has 0 aliphatic rings. The molecule has 2 heterocycles. The summed E-state index contributed by atoms with van der Waals surface area (Å²) in [4.78, 5) is 18.5. The number of fused-ring (bicyclic) bond motifs is 3. The van der Waals surface area contributed by atoms with Gasteiger partial charge in [0.1, 0.15) is 5.75 Å². The third-order valence-electron chi connectivity index (χ3n) is 5.39. The van der Waals surface area contributed by atoms with Gasteiger partial charge in [-0.1, -0.05) is 36.5 Å². The number of carbonyl (C=O) groups is 1. The summed E-state index contributed by atoms with van der Waals surface area (Å²) < 4.78 is 8.34. The molecule has 0 radical (unpaired) electrons. The Morgan fingerprint density at radius 1 is 1.10 bits per heavy atom. The summed E-state index contributed by atoms with van der Waals surface area (Å²) >= 11 is 1.58. The van der Waals surface area contributed by atoms with Gasteiger partial charge in [-0.05, 0) is 60.5 Å². The average molecular weight is 428 g/mol. The van der Waals surface area contributed by atoms with E-state index in [1.165, 1.54) is 0 Å². The lowest BCUT2D eigenvalue weighted by atomic mass is 10.1. The molecule has 0 atom stereocenters. The monoisotopic (exact) mass is 427 g/mol. The van der Waals surface area contributed by atoms with Crippen LogP contribution in [0.1, 0.15) is 22.8 Å². The number of nitrogens with zero attached hydrogens (tertiary/aromatic N) is 2. The van der Waals surface area contributed by atoms with Crippen LogP contribution in [0.3, 0.4) is 0 Å². The van der Waals surface area contributed by atoms with Crippen LogP contribution in [0.4, 0.5) is 5.69 Å². The Bertz CT molecular complexity index is 1400. The van der Waals surface area contributed by atoms with Gasteiger partial charge in [0.15, 0.2) is 4.96 Å². The molecule has 6 heteroatoms. The van der Waals surface area contributed by atoms with Crippen molar-refractivity contribution in [1.82, 2.24) is 9.38 Å². The minimum absolute atomic E-state index is 0.104. The van der Waals surface area contributed by atoms with E-state index >= 15 is 0 Å². The fraction of sp³-hybridized carbons (Fsp3) is 0.120. The Labute approximate surface area is 183 Å². The van der Waals surface area contributed by atoms with E-state index in [-0.39, 0.29) is 5.91 Å². The first-order valence-corrected chi connectivity index (χ1v) is 10.9. The minimum atomic E-state index is -0.104. The third kappa shape index (κ3) is 3.55. The number of aromatic nitrogens is 2. The van der Waals surface area contributed by atoms with E-state index in [9.17, 15) is 4.79 Å². The standard InChI is InChI=1S/C25H21N3O2S/c1-3-16-6-4-5-7-20(16)26-24(29)18-10-13-22-23(14-18)31-25-27-21(15-28(22)25)17-8-11-19(30-2)12-9-17/h4-15H,3H2,1-2H3,(H,26,29). The quantitative estimate of drug-likeness (QED) is 0.372. The van der Waals surface area contributed by atoms with Crippen molar-refractivity contribution in [3.8, 4) is 17.0 Å². The first-order chi connectivity index (χ1) is 15.2. The number of hydrogen-bond acceptors (Lipinski definition) is 4. The molecule has 0 aliphatic heterocycles. The van der Waals surface area contributed by atoms with Crippen molar-refractivity contribution in [3.05, 3.63) is 84.1 Å². The Morgan fingerprint density at radius 3 is 2.68 bits per heavy atom. The van der Waals surface area contributed by atoms with Gasteiger partial charge in [0.25, 0.3) is 5.91 Å². The number of methoxy groups -OCH3 is 1. The number of carbonyl (C=O) groups excluding carboxylic acids is 1. The van der Waals surface area contributed by atoms with Crippen LogP contribution < -0.4 is 10.1 Å². The van der Waals surface area contributed by atoms with Crippen LogP contribution in [0.25, 0.3) is 26.4 Å². The smallest absolute Gasteiger partial charge is 0.255 e. The molecule has 0 bridgehead atoms. The Balaban J connectivity index is 1.45. The summed E-state index contributed by atoms with van der Waals surface area (Å²) in [6.07, 6.45) is 2.90. The summed E-state index contributed by atoms with van der Waals surface area (Å²) in [5.41, 5.74) is 5.61. The number of rotatable bonds is 5. The molecule has 0 aliphatic carbocycles. The largest absolute Gasteiger partial charge is 0.497 e. The maximum absolute atomic E-state index is 12.8. The van der Waals surface area contributed by atoms with Gasteiger partial charge in [-0.3, -0.25) is 9.20 Å². The molecular weight excluding hydrogens is 406 g/mol. The second-order valence-corrected chi connectivity index (χ2v) is 8.27. The summed E-state index contributed by atoms with van der Waals surface area (Å²) in [5, 5.41) is 3.04. The molecular formula is C25H21N3O2S. The molecule has 5 aromatic rings. The minimum Gasteiger partial charge on any atom is -0.497 e. The zero-order chi connectivity index (χ0) is 21.4. The molecule has 0 spiro atoms. The molecule has 1 amide bonds. The van der Waals surface area contributed by atoms with Crippen LogP contribution in [-0.2, 0) is 6.42 Å². The highest BCUT2D eigenvalue weighted by molar-refractivity contribution is 7.23. The van der Waals surface area contributed by atoms with E-state index in [0.29, 0.717) is 5.56 Å². The molecule has 0 saturated carbocycles. The van der Waals surface area contributed by atoms with Crippen LogP contribution in [0.2, 0.25) is 0 Å². The van der Waals surface area contributed by atoms with E-state index in [1.54, 1.807) is 18.4 Å². The van der Waals surface area contributed by atoms with E-state index in [4.69, 9.17) is 9.72 Å². The first-order valence-electron chi connectivity index (χ1n) is 10.1. The second-order valence-electron chi connectivity index (χ2n) is 7.26. The lowest BCUT2D eigenvalue weighted by Crippen LogP contribution is -2.13. The van der Waals surface area contributed by atoms with Crippen molar-refractivity contribution in [2.45, 2.75) is 13.3 Å². The zero-order valence-corrected chi connectivity index (χ0v) is 18.1. The fourth-order valence-corrected chi connectivity index (χ4v) is 4.74. The lowest BCUT2D eigenvalue weighted by molar-refractivity contribution is 0.102. The van der Waals surface area contributed by atoms with Crippen molar-refractivity contribution in [3.63, 3.8) is 0 Å². The zero-order valence-electron chi connectivity index (χ0n) is 17.3. The van der Waals surface area contributed by atoms with Gasteiger partial charge < -0.3 is 10.1 Å². The van der Waals surface area contributed by atoms with E-state index < -0.39 is 0 Å². The van der Waals surface area contributed by atoms with Gasteiger partial charge in [-0.25, -0.2) is 4.98 Å². The van der Waals surface area contributed by atoms with Crippen LogP contribution in [-0.4, -0.2) is 22.4 Å². The van der Waals surface area contributed by atoms with Crippen molar-refractivity contribution < 1.29 is 9.53 Å². The van der Waals surface area contributed by atoms with Crippen molar-refractivity contribution >= 4 is 38.1 Å². The molecule has 5 nitrogen and oxygen atoms in total. The number of nitrogens with one attached hydrogen (secondary N) is 1. The second kappa shape index (κ2) is 7.89. The molecule has 0 unspecified atom stereocenters.